The number of nitrogens with two attached hydrogens (primary N) is 1. The van der Waals surface area contributed by atoms with E-state index < -0.39 is 0 Å². The van der Waals surface area contributed by atoms with Crippen LogP contribution in [0.4, 0.5) is 5.69 Å². The van der Waals surface area contributed by atoms with Gasteiger partial charge in [0.1, 0.15) is 5.75 Å². The molecule has 0 aliphatic carbocycles. The van der Waals surface area contributed by atoms with Gasteiger partial charge < -0.3 is 20.7 Å². The summed E-state index contributed by atoms with van der Waals surface area (Å²) in [5.74, 6) is 0.408. The molecule has 4 N–H and O–H groups in total. The first-order valence-electron chi connectivity index (χ1n) is 7.60. The van der Waals surface area contributed by atoms with E-state index in [1.165, 1.54) is 4.90 Å². The van der Waals surface area contributed by atoms with Crippen LogP contribution in [-0.4, -0.2) is 38.1 Å². The van der Waals surface area contributed by atoms with E-state index in [2.05, 4.69) is 5.32 Å². The number of nitrogens with one attached hydrogen (secondary N) is 2. The number of amides is 2. The SMILES string of the molecule is COc1cccc(NC(=O)[C@@H](C)[NH+]2CCC(C(N)=O)CC2)c1. The normalized spacial score (nSPS) is 22.6. The zero-order valence-corrected chi connectivity index (χ0v) is 13.1. The number of ether oxygens (including phenoxy) is 1. The van der Waals surface area contributed by atoms with Crippen LogP contribution in [0.5, 0.6) is 5.75 Å². The highest BCUT2D eigenvalue weighted by Crippen LogP contribution is 2.16. The van der Waals surface area contributed by atoms with Crippen LogP contribution in [0.25, 0.3) is 0 Å². The number of quaternary nitrogens is 1. The van der Waals surface area contributed by atoms with Gasteiger partial charge in [-0.3, -0.25) is 9.59 Å². The van der Waals surface area contributed by atoms with Gasteiger partial charge in [-0.25, -0.2) is 0 Å². The Balaban J connectivity index is 1.91. The number of methoxy groups -OCH3 is 1. The summed E-state index contributed by atoms with van der Waals surface area (Å²) in [5, 5.41) is 2.92. The van der Waals surface area contributed by atoms with Crippen molar-refractivity contribution in [1.29, 1.82) is 0 Å². The number of hydrogen-bond acceptors (Lipinski definition) is 3. The summed E-state index contributed by atoms with van der Waals surface area (Å²) in [7, 11) is 1.59. The monoisotopic (exact) mass is 306 g/mol. The standard InChI is InChI=1S/C16H23N3O3/c1-11(19-8-6-12(7-9-19)15(17)20)16(21)18-13-4-3-5-14(10-13)22-2/h3-5,10-12H,6-9H2,1-2H3,(H2,17,20)(H,18,21)/p+1/t11-/m1/s1. The predicted molar refractivity (Wildman–Crippen MR) is 83.7 cm³/mol. The third-order valence-corrected chi connectivity index (χ3v) is 4.37. The van der Waals surface area contributed by atoms with E-state index in [1.807, 2.05) is 25.1 Å². The molecule has 0 spiro atoms. The van der Waals surface area contributed by atoms with Crippen molar-refractivity contribution in [3.63, 3.8) is 0 Å². The highest BCUT2D eigenvalue weighted by Gasteiger charge is 2.31. The van der Waals surface area contributed by atoms with Gasteiger partial charge in [0.15, 0.2) is 6.04 Å². The van der Waals surface area contributed by atoms with Crippen molar-refractivity contribution in [2.45, 2.75) is 25.8 Å². The summed E-state index contributed by atoms with van der Waals surface area (Å²) in [6, 6.07) is 7.13. The van der Waals surface area contributed by atoms with E-state index in [1.54, 1.807) is 13.2 Å². The summed E-state index contributed by atoms with van der Waals surface area (Å²) in [5.41, 5.74) is 6.06. The molecule has 1 saturated heterocycles. The molecule has 1 aromatic rings. The van der Waals surface area contributed by atoms with Gasteiger partial charge in [0.25, 0.3) is 5.91 Å². The molecule has 6 nitrogen and oxygen atoms in total. The Morgan fingerprint density at radius 3 is 2.64 bits per heavy atom. The van der Waals surface area contributed by atoms with E-state index in [9.17, 15) is 9.59 Å². The van der Waals surface area contributed by atoms with Crippen molar-refractivity contribution < 1.29 is 19.2 Å². The molecule has 0 saturated carbocycles. The highest BCUT2D eigenvalue weighted by molar-refractivity contribution is 5.93. The maximum absolute atomic E-state index is 12.4. The third-order valence-electron chi connectivity index (χ3n) is 4.37. The van der Waals surface area contributed by atoms with Crippen molar-refractivity contribution in [1.82, 2.24) is 0 Å². The van der Waals surface area contributed by atoms with Crippen LogP contribution in [0.3, 0.4) is 0 Å². The zero-order valence-electron chi connectivity index (χ0n) is 13.1. The van der Waals surface area contributed by atoms with Gasteiger partial charge in [0.05, 0.1) is 20.2 Å². The molecule has 2 rings (SSSR count). The quantitative estimate of drug-likeness (QED) is 0.704. The summed E-state index contributed by atoms with van der Waals surface area (Å²) in [4.78, 5) is 24.7. The Kier molecular flexibility index (Phi) is 5.38. The lowest BCUT2D eigenvalue weighted by molar-refractivity contribution is -0.919. The van der Waals surface area contributed by atoms with Crippen molar-refractivity contribution in [2.24, 2.45) is 11.7 Å². The molecule has 0 radical (unpaired) electrons. The van der Waals surface area contributed by atoms with Crippen molar-refractivity contribution >= 4 is 17.5 Å². The van der Waals surface area contributed by atoms with Crippen LogP contribution < -0.4 is 20.7 Å². The van der Waals surface area contributed by atoms with E-state index in [4.69, 9.17) is 10.5 Å². The molecule has 0 bridgehead atoms. The zero-order chi connectivity index (χ0) is 16.1. The number of likely N-dealkylation sites (tertiary alicyclic amines) is 1. The fourth-order valence-electron chi connectivity index (χ4n) is 2.84. The van der Waals surface area contributed by atoms with Crippen LogP contribution in [0.2, 0.25) is 0 Å². The molecule has 6 heteroatoms. The van der Waals surface area contributed by atoms with Crippen molar-refractivity contribution in [2.75, 3.05) is 25.5 Å². The summed E-state index contributed by atoms with van der Waals surface area (Å²) < 4.78 is 5.15. The first kappa shape index (κ1) is 16.3. The molecule has 1 heterocycles. The number of rotatable bonds is 5. The van der Waals surface area contributed by atoms with Crippen molar-refractivity contribution in [3.05, 3.63) is 24.3 Å². The smallest absolute Gasteiger partial charge is 0.282 e. The topological polar surface area (TPSA) is 85.9 Å². The minimum Gasteiger partial charge on any atom is -0.497 e. The van der Waals surface area contributed by atoms with Gasteiger partial charge in [-0.05, 0) is 19.1 Å². The Hall–Kier alpha value is -2.08. The second-order valence-electron chi connectivity index (χ2n) is 5.78. The lowest BCUT2D eigenvalue weighted by Crippen LogP contribution is -3.17. The van der Waals surface area contributed by atoms with E-state index in [0.29, 0.717) is 5.75 Å². The molecule has 0 unspecified atom stereocenters. The predicted octanol–water partition coefficient (Wildman–Crippen LogP) is -0.198. The molecular formula is C16H24N3O3+. The molecule has 1 aliphatic heterocycles. The second kappa shape index (κ2) is 7.26. The van der Waals surface area contributed by atoms with Crippen LogP contribution in [-0.2, 0) is 9.59 Å². The number of carbonyl (C=O) groups excluding carboxylic acids is 2. The Morgan fingerprint density at radius 2 is 2.05 bits per heavy atom. The number of anilines is 1. The summed E-state index contributed by atoms with van der Waals surface area (Å²) in [6.07, 6.45) is 1.50. The Labute approximate surface area is 130 Å². The summed E-state index contributed by atoms with van der Waals surface area (Å²) >= 11 is 0. The number of piperidine rings is 1. The van der Waals surface area contributed by atoms with Gasteiger partial charge in [-0.1, -0.05) is 6.07 Å². The average Bonchev–Trinajstić information content (AvgIpc) is 2.54. The van der Waals surface area contributed by atoms with Crippen molar-refractivity contribution in [3.8, 4) is 5.75 Å². The Morgan fingerprint density at radius 1 is 1.36 bits per heavy atom. The average molecular weight is 306 g/mol. The number of carbonyl (C=O) groups is 2. The lowest BCUT2D eigenvalue weighted by Gasteiger charge is -2.31. The maximum Gasteiger partial charge on any atom is 0.282 e. The Bertz CT molecular complexity index is 539. The molecule has 1 fully saturated rings. The number of benzene rings is 1. The van der Waals surface area contributed by atoms with Gasteiger partial charge in [0, 0.05) is 30.5 Å². The number of hydrogen-bond donors (Lipinski definition) is 3. The molecule has 1 aliphatic rings. The summed E-state index contributed by atoms with van der Waals surface area (Å²) in [6.45, 7) is 3.50. The minimum atomic E-state index is -0.229. The van der Waals surface area contributed by atoms with Crippen LogP contribution in [0.1, 0.15) is 19.8 Å². The maximum atomic E-state index is 12.4. The van der Waals surface area contributed by atoms with E-state index in [-0.39, 0.29) is 23.8 Å². The first-order chi connectivity index (χ1) is 10.5. The second-order valence-corrected chi connectivity index (χ2v) is 5.78. The van der Waals surface area contributed by atoms with Gasteiger partial charge in [-0.2, -0.15) is 0 Å². The molecule has 22 heavy (non-hydrogen) atoms. The first-order valence-corrected chi connectivity index (χ1v) is 7.60. The molecule has 2 amide bonds. The third kappa shape index (κ3) is 3.98. The number of primary amides is 1. The fraction of sp³-hybridized carbons (Fsp3) is 0.500. The molecule has 120 valence electrons. The largest absolute Gasteiger partial charge is 0.497 e. The lowest BCUT2D eigenvalue weighted by atomic mass is 9.95. The van der Waals surface area contributed by atoms with Crippen LogP contribution in [0.15, 0.2) is 24.3 Å². The fourth-order valence-corrected chi connectivity index (χ4v) is 2.84. The van der Waals surface area contributed by atoms with Crippen LogP contribution >= 0.6 is 0 Å². The van der Waals surface area contributed by atoms with E-state index in [0.717, 1.165) is 31.6 Å². The molecule has 0 aromatic heterocycles. The highest BCUT2D eigenvalue weighted by atomic mass is 16.5. The molecular weight excluding hydrogens is 282 g/mol. The van der Waals surface area contributed by atoms with Gasteiger partial charge >= 0.3 is 0 Å². The molecule has 1 aromatic carbocycles. The van der Waals surface area contributed by atoms with Gasteiger partial charge in [-0.15, -0.1) is 0 Å². The van der Waals surface area contributed by atoms with Gasteiger partial charge in [0.2, 0.25) is 5.91 Å². The van der Waals surface area contributed by atoms with Crippen LogP contribution in [0, 0.1) is 5.92 Å². The molecule has 1 atom stereocenters. The minimum absolute atomic E-state index is 0.0271. The van der Waals surface area contributed by atoms with E-state index >= 15 is 0 Å².